The predicted octanol–water partition coefficient (Wildman–Crippen LogP) is 3.36. The first-order valence-corrected chi connectivity index (χ1v) is 6.13. The van der Waals surface area contributed by atoms with E-state index in [1.165, 1.54) is 18.2 Å². The first kappa shape index (κ1) is 18.3. The highest BCUT2D eigenvalue weighted by molar-refractivity contribution is 5.85. The zero-order valence-electron chi connectivity index (χ0n) is 11.9. The highest BCUT2D eigenvalue weighted by Crippen LogP contribution is 2.27. The summed E-state index contributed by atoms with van der Waals surface area (Å²) in [6, 6.07) is 3.63. The van der Waals surface area contributed by atoms with Gasteiger partial charge in [-0.05, 0) is 38.1 Å². The van der Waals surface area contributed by atoms with Gasteiger partial charge in [0.05, 0.1) is 0 Å². The number of nitrogens with zero attached hydrogens (tertiary/aromatic N) is 1. The molecule has 5 heteroatoms. The fraction of sp³-hybridized carbons (Fsp3) is 0.571. The third kappa shape index (κ3) is 4.71. The largest absolute Gasteiger partial charge is 0.330 e. The first-order valence-electron chi connectivity index (χ1n) is 6.13. The molecule has 0 saturated heterocycles. The van der Waals surface area contributed by atoms with Gasteiger partial charge in [0.15, 0.2) is 0 Å². The van der Waals surface area contributed by atoms with E-state index < -0.39 is 11.6 Å². The second kappa shape index (κ2) is 7.17. The molecule has 1 atom stereocenters. The van der Waals surface area contributed by atoms with Crippen LogP contribution in [0, 0.1) is 17.0 Å². The van der Waals surface area contributed by atoms with E-state index in [4.69, 9.17) is 5.73 Å². The van der Waals surface area contributed by atoms with Gasteiger partial charge in [0, 0.05) is 18.2 Å². The van der Waals surface area contributed by atoms with E-state index >= 15 is 0 Å². The second-order valence-electron chi connectivity index (χ2n) is 5.59. The maximum absolute atomic E-state index is 13.7. The Morgan fingerprint density at radius 1 is 1.26 bits per heavy atom. The Kier molecular flexibility index (Phi) is 6.91. The van der Waals surface area contributed by atoms with Crippen LogP contribution in [0.1, 0.15) is 32.4 Å². The van der Waals surface area contributed by atoms with Gasteiger partial charge in [0.25, 0.3) is 0 Å². The van der Waals surface area contributed by atoms with Crippen molar-refractivity contribution in [2.75, 3.05) is 20.1 Å². The monoisotopic (exact) mass is 292 g/mol. The van der Waals surface area contributed by atoms with Gasteiger partial charge in [-0.2, -0.15) is 0 Å². The topological polar surface area (TPSA) is 29.3 Å². The van der Waals surface area contributed by atoms with Crippen LogP contribution in [-0.2, 0) is 0 Å². The highest BCUT2D eigenvalue weighted by atomic mass is 35.5. The van der Waals surface area contributed by atoms with Crippen LogP contribution in [0.5, 0.6) is 0 Å². The lowest BCUT2D eigenvalue weighted by molar-refractivity contribution is 0.169. The minimum atomic E-state index is -0.500. The van der Waals surface area contributed by atoms with Crippen molar-refractivity contribution in [3.05, 3.63) is 35.4 Å². The Hall–Kier alpha value is -0.710. The average Bonchev–Trinajstić information content (AvgIpc) is 2.28. The molecule has 0 saturated carbocycles. The molecule has 19 heavy (non-hydrogen) atoms. The summed E-state index contributed by atoms with van der Waals surface area (Å²) in [5.74, 6) is -1.00. The zero-order valence-corrected chi connectivity index (χ0v) is 12.7. The maximum atomic E-state index is 13.7. The maximum Gasteiger partial charge on any atom is 0.130 e. The van der Waals surface area contributed by atoms with E-state index in [1.54, 1.807) is 6.92 Å². The summed E-state index contributed by atoms with van der Waals surface area (Å²) >= 11 is 0. The van der Waals surface area contributed by atoms with Crippen LogP contribution < -0.4 is 5.73 Å². The molecule has 1 rings (SSSR count). The number of benzene rings is 1. The number of hydrogen-bond acceptors (Lipinski definition) is 2. The molecular weight excluding hydrogens is 270 g/mol. The molecule has 0 radical (unpaired) electrons. The molecule has 1 unspecified atom stereocenters. The first-order chi connectivity index (χ1) is 8.28. The van der Waals surface area contributed by atoms with Crippen LogP contribution in [-0.4, -0.2) is 25.0 Å². The number of rotatable bonds is 5. The van der Waals surface area contributed by atoms with Gasteiger partial charge in [0.1, 0.15) is 11.6 Å². The predicted molar refractivity (Wildman–Crippen MR) is 77.5 cm³/mol. The van der Waals surface area contributed by atoms with Crippen molar-refractivity contribution >= 4 is 12.4 Å². The molecule has 2 nitrogen and oxygen atoms in total. The van der Waals surface area contributed by atoms with Crippen molar-refractivity contribution in [1.82, 2.24) is 4.90 Å². The Labute approximate surface area is 120 Å². The molecule has 1 aromatic rings. The molecule has 110 valence electrons. The summed E-state index contributed by atoms with van der Waals surface area (Å²) in [4.78, 5) is 1.92. The van der Waals surface area contributed by atoms with E-state index in [0.29, 0.717) is 13.1 Å². The van der Waals surface area contributed by atoms with Crippen molar-refractivity contribution in [1.29, 1.82) is 0 Å². The van der Waals surface area contributed by atoms with E-state index in [9.17, 15) is 8.78 Å². The molecule has 0 aliphatic carbocycles. The molecule has 0 fully saturated rings. The van der Waals surface area contributed by atoms with Crippen molar-refractivity contribution in [3.8, 4) is 0 Å². The number of nitrogens with two attached hydrogens (primary N) is 1. The van der Waals surface area contributed by atoms with Crippen molar-refractivity contribution < 1.29 is 8.78 Å². The Morgan fingerprint density at radius 2 is 1.74 bits per heavy atom. The van der Waals surface area contributed by atoms with Crippen LogP contribution in [0.2, 0.25) is 0 Å². The van der Waals surface area contributed by atoms with Gasteiger partial charge in [-0.3, -0.25) is 4.90 Å². The van der Waals surface area contributed by atoms with E-state index in [-0.39, 0.29) is 29.4 Å². The molecule has 2 N–H and O–H groups in total. The van der Waals surface area contributed by atoms with Crippen LogP contribution >= 0.6 is 12.4 Å². The summed E-state index contributed by atoms with van der Waals surface area (Å²) in [7, 11) is 1.86. The zero-order chi connectivity index (χ0) is 13.9. The van der Waals surface area contributed by atoms with Gasteiger partial charge in [-0.15, -0.1) is 12.4 Å². The van der Waals surface area contributed by atoms with Crippen molar-refractivity contribution in [3.63, 3.8) is 0 Å². The van der Waals surface area contributed by atoms with Crippen LogP contribution in [0.25, 0.3) is 0 Å². The normalized spacial score (nSPS) is 13.3. The minimum Gasteiger partial charge on any atom is -0.330 e. The Bertz CT molecular complexity index is 390. The smallest absolute Gasteiger partial charge is 0.130 e. The van der Waals surface area contributed by atoms with Crippen molar-refractivity contribution in [2.24, 2.45) is 11.1 Å². The molecular formula is C14H23ClF2N2. The third-order valence-electron chi connectivity index (χ3n) is 3.31. The van der Waals surface area contributed by atoms with Crippen LogP contribution in [0.15, 0.2) is 18.2 Å². The molecule has 0 aliphatic rings. The van der Waals surface area contributed by atoms with Crippen LogP contribution in [0.3, 0.4) is 0 Å². The fourth-order valence-electron chi connectivity index (χ4n) is 2.01. The quantitative estimate of drug-likeness (QED) is 0.901. The van der Waals surface area contributed by atoms with E-state index in [1.807, 2.05) is 25.8 Å². The lowest BCUT2D eigenvalue weighted by atomic mass is 9.92. The molecule has 0 amide bonds. The van der Waals surface area contributed by atoms with Gasteiger partial charge < -0.3 is 5.73 Å². The van der Waals surface area contributed by atoms with Gasteiger partial charge in [-0.1, -0.05) is 19.9 Å². The van der Waals surface area contributed by atoms with Crippen LogP contribution in [0.4, 0.5) is 8.78 Å². The molecule has 0 aromatic heterocycles. The number of halogens is 3. The van der Waals surface area contributed by atoms with Crippen molar-refractivity contribution in [2.45, 2.75) is 26.8 Å². The standard InChI is InChI=1S/C14H22F2N2.ClH/c1-10(18(4)9-14(2,3)8-17)13-11(15)6-5-7-12(13)16;/h5-7,10H,8-9,17H2,1-4H3;1H. The second-order valence-corrected chi connectivity index (χ2v) is 5.59. The van der Waals surface area contributed by atoms with Gasteiger partial charge >= 0.3 is 0 Å². The summed E-state index contributed by atoms with van der Waals surface area (Å²) < 4.78 is 27.4. The minimum absolute atomic E-state index is 0. The van der Waals surface area contributed by atoms with E-state index in [0.717, 1.165) is 0 Å². The third-order valence-corrected chi connectivity index (χ3v) is 3.31. The van der Waals surface area contributed by atoms with Gasteiger partial charge in [0.2, 0.25) is 0 Å². The SMILES string of the molecule is CC(c1c(F)cccc1F)N(C)CC(C)(C)CN.Cl. The average molecular weight is 293 g/mol. The molecule has 0 spiro atoms. The number of hydrogen-bond donors (Lipinski definition) is 1. The Morgan fingerprint density at radius 3 is 2.16 bits per heavy atom. The summed E-state index contributed by atoms with van der Waals surface area (Å²) in [6.07, 6.45) is 0. The lowest BCUT2D eigenvalue weighted by Gasteiger charge is -2.33. The molecule has 0 aliphatic heterocycles. The fourth-order valence-corrected chi connectivity index (χ4v) is 2.01. The summed E-state index contributed by atoms with van der Waals surface area (Å²) in [6.45, 7) is 7.08. The Balaban J connectivity index is 0.00000324. The molecule has 0 heterocycles. The van der Waals surface area contributed by atoms with Gasteiger partial charge in [-0.25, -0.2) is 8.78 Å². The summed E-state index contributed by atoms with van der Waals surface area (Å²) in [5.41, 5.74) is 5.72. The van der Waals surface area contributed by atoms with E-state index in [2.05, 4.69) is 0 Å². The highest BCUT2D eigenvalue weighted by Gasteiger charge is 2.24. The molecule has 0 bridgehead atoms. The lowest BCUT2D eigenvalue weighted by Crippen LogP contribution is -2.38. The summed E-state index contributed by atoms with van der Waals surface area (Å²) in [5, 5.41) is 0. The molecule has 1 aromatic carbocycles.